The lowest BCUT2D eigenvalue weighted by atomic mass is 10.0. The predicted molar refractivity (Wildman–Crippen MR) is 126 cm³/mol. The Kier molecular flexibility index (Phi) is 7.52. The molecule has 0 fully saturated rings. The Bertz CT molecular complexity index is 1170. The van der Waals surface area contributed by atoms with Crippen molar-refractivity contribution in [2.24, 2.45) is 0 Å². The van der Waals surface area contributed by atoms with Gasteiger partial charge in [-0.3, -0.25) is 30.1 Å². The molecule has 0 unspecified atom stereocenters. The van der Waals surface area contributed by atoms with Crippen molar-refractivity contribution < 1.29 is 22.8 Å². The lowest BCUT2D eigenvalue weighted by Crippen LogP contribution is -2.41. The SMILES string of the molecule is CCN1CCc2c(sc(NC(=O)c3ccc(S(=O)(=O)N(C)C)cc3)c2C(=O)NNC(C)=O)C1. The van der Waals surface area contributed by atoms with Gasteiger partial charge in [0.25, 0.3) is 11.8 Å². The van der Waals surface area contributed by atoms with Crippen LogP contribution in [-0.4, -0.2) is 62.5 Å². The summed E-state index contributed by atoms with van der Waals surface area (Å²) in [7, 11) is -0.743. The standard InChI is InChI=1S/C21H27N5O5S2/c1-5-26-11-10-16-17(12-26)32-21(18(16)20(29)24-23-13(2)27)22-19(28)14-6-8-15(9-7-14)33(30,31)25(3)4/h6-9H,5,10-12H2,1-4H3,(H,22,28)(H,23,27)(H,24,29). The zero-order valence-corrected chi connectivity index (χ0v) is 20.5. The fourth-order valence-corrected chi connectivity index (χ4v) is 5.61. The number of anilines is 1. The summed E-state index contributed by atoms with van der Waals surface area (Å²) < 4.78 is 25.6. The van der Waals surface area contributed by atoms with E-state index in [1.807, 2.05) is 0 Å². The number of fused-ring (bicyclic) bond motifs is 1. The summed E-state index contributed by atoms with van der Waals surface area (Å²) in [6.07, 6.45) is 0.648. The van der Waals surface area contributed by atoms with Gasteiger partial charge in [0.1, 0.15) is 5.00 Å². The van der Waals surface area contributed by atoms with Crippen LogP contribution in [0, 0.1) is 0 Å². The molecule has 3 N–H and O–H groups in total. The van der Waals surface area contributed by atoms with E-state index < -0.39 is 27.7 Å². The summed E-state index contributed by atoms with van der Waals surface area (Å²) in [5.74, 6) is -1.39. The first-order chi connectivity index (χ1) is 15.5. The first-order valence-electron chi connectivity index (χ1n) is 10.3. The van der Waals surface area contributed by atoms with Crippen LogP contribution in [0.3, 0.4) is 0 Å². The number of likely N-dealkylation sites (N-methyl/N-ethyl adjacent to an activating group) is 1. The highest BCUT2D eigenvalue weighted by Crippen LogP contribution is 2.37. The number of carbonyl (C=O) groups excluding carboxylic acids is 3. The van der Waals surface area contributed by atoms with Crippen LogP contribution < -0.4 is 16.2 Å². The third kappa shape index (κ3) is 5.41. The number of carbonyl (C=O) groups is 3. The van der Waals surface area contributed by atoms with Gasteiger partial charge in [-0.1, -0.05) is 6.92 Å². The minimum absolute atomic E-state index is 0.0747. The van der Waals surface area contributed by atoms with Crippen molar-refractivity contribution >= 4 is 44.1 Å². The second kappa shape index (κ2) is 10.00. The normalized spacial score (nSPS) is 14.0. The summed E-state index contributed by atoms with van der Waals surface area (Å²) in [4.78, 5) is 40.3. The number of nitrogens with zero attached hydrogens (tertiary/aromatic N) is 2. The van der Waals surface area contributed by atoms with Gasteiger partial charge in [0.15, 0.2) is 0 Å². The van der Waals surface area contributed by atoms with Crippen LogP contribution in [0.15, 0.2) is 29.2 Å². The second-order valence-electron chi connectivity index (χ2n) is 7.73. The highest BCUT2D eigenvalue weighted by Gasteiger charge is 2.29. The molecule has 3 rings (SSSR count). The van der Waals surface area contributed by atoms with Crippen LogP contribution in [0.5, 0.6) is 0 Å². The maximum atomic E-state index is 12.9. The van der Waals surface area contributed by atoms with E-state index >= 15 is 0 Å². The van der Waals surface area contributed by atoms with Crippen molar-refractivity contribution in [3.8, 4) is 0 Å². The molecule has 0 spiro atoms. The van der Waals surface area contributed by atoms with E-state index in [1.165, 1.54) is 56.6 Å². The van der Waals surface area contributed by atoms with Gasteiger partial charge >= 0.3 is 0 Å². The fraction of sp³-hybridized carbons (Fsp3) is 0.381. The molecule has 0 atom stereocenters. The Hall–Kier alpha value is -2.80. The molecule has 2 heterocycles. The van der Waals surface area contributed by atoms with Crippen molar-refractivity contribution in [3.63, 3.8) is 0 Å². The molecule has 0 aliphatic carbocycles. The Morgan fingerprint density at radius 2 is 1.76 bits per heavy atom. The summed E-state index contributed by atoms with van der Waals surface area (Å²) >= 11 is 1.33. The van der Waals surface area contributed by atoms with Crippen molar-refractivity contribution in [1.29, 1.82) is 0 Å². The summed E-state index contributed by atoms with van der Waals surface area (Å²) in [6, 6.07) is 5.59. The first-order valence-corrected chi connectivity index (χ1v) is 12.6. The van der Waals surface area contributed by atoms with E-state index in [0.717, 1.165) is 27.8 Å². The van der Waals surface area contributed by atoms with Gasteiger partial charge in [-0.2, -0.15) is 0 Å². The smallest absolute Gasteiger partial charge is 0.272 e. The molecule has 2 aromatic rings. The van der Waals surface area contributed by atoms with Crippen molar-refractivity contribution in [2.75, 3.05) is 32.5 Å². The van der Waals surface area contributed by atoms with Crippen LogP contribution in [-0.2, 0) is 27.8 Å². The number of nitrogens with one attached hydrogen (secondary N) is 3. The molecule has 0 bridgehead atoms. The first kappa shape index (κ1) is 24.8. The highest BCUT2D eigenvalue weighted by atomic mass is 32.2. The van der Waals surface area contributed by atoms with Crippen LogP contribution >= 0.6 is 11.3 Å². The minimum atomic E-state index is -3.61. The van der Waals surface area contributed by atoms with Gasteiger partial charge < -0.3 is 5.32 Å². The number of thiophene rings is 1. The third-order valence-corrected chi connectivity index (χ3v) is 8.25. The number of benzene rings is 1. The number of amides is 3. The lowest BCUT2D eigenvalue weighted by molar-refractivity contribution is -0.119. The zero-order chi connectivity index (χ0) is 24.3. The summed E-state index contributed by atoms with van der Waals surface area (Å²) in [6.45, 7) is 5.67. The average Bonchev–Trinajstić information content (AvgIpc) is 3.14. The zero-order valence-electron chi connectivity index (χ0n) is 18.9. The van der Waals surface area contributed by atoms with Gasteiger partial charge in [0, 0.05) is 44.5 Å². The molecule has 12 heteroatoms. The monoisotopic (exact) mass is 493 g/mol. The van der Waals surface area contributed by atoms with Crippen molar-refractivity contribution in [2.45, 2.75) is 31.7 Å². The molecule has 1 aromatic heterocycles. The van der Waals surface area contributed by atoms with E-state index in [9.17, 15) is 22.8 Å². The van der Waals surface area contributed by atoms with Gasteiger partial charge in [0.05, 0.1) is 10.5 Å². The summed E-state index contributed by atoms with van der Waals surface area (Å²) in [5, 5.41) is 3.18. The van der Waals surface area contributed by atoms with E-state index in [2.05, 4.69) is 28.0 Å². The molecule has 0 saturated heterocycles. The second-order valence-corrected chi connectivity index (χ2v) is 11.0. The maximum Gasteiger partial charge on any atom is 0.272 e. The Balaban J connectivity index is 1.89. The molecule has 0 saturated carbocycles. The fourth-order valence-electron chi connectivity index (χ4n) is 3.43. The van der Waals surface area contributed by atoms with Gasteiger partial charge in [-0.15, -0.1) is 11.3 Å². The number of rotatable bonds is 6. The van der Waals surface area contributed by atoms with Gasteiger partial charge in [0.2, 0.25) is 15.9 Å². The molecule has 1 aliphatic heterocycles. The molecule has 178 valence electrons. The van der Waals surface area contributed by atoms with E-state index in [1.54, 1.807) is 0 Å². The largest absolute Gasteiger partial charge is 0.313 e. The minimum Gasteiger partial charge on any atom is -0.313 e. The maximum absolute atomic E-state index is 12.9. The number of sulfonamides is 1. The lowest BCUT2D eigenvalue weighted by Gasteiger charge is -2.25. The van der Waals surface area contributed by atoms with Crippen molar-refractivity contribution in [3.05, 3.63) is 45.8 Å². The van der Waals surface area contributed by atoms with Crippen LogP contribution in [0.2, 0.25) is 0 Å². The van der Waals surface area contributed by atoms with Crippen molar-refractivity contribution in [1.82, 2.24) is 20.1 Å². The third-order valence-electron chi connectivity index (χ3n) is 5.28. The number of hydrogen-bond donors (Lipinski definition) is 3. The van der Waals surface area contributed by atoms with E-state index in [-0.39, 0.29) is 10.5 Å². The highest BCUT2D eigenvalue weighted by molar-refractivity contribution is 7.89. The van der Waals surface area contributed by atoms with Gasteiger partial charge in [-0.25, -0.2) is 12.7 Å². The van der Waals surface area contributed by atoms with Crippen LogP contribution in [0.1, 0.15) is 45.0 Å². The Morgan fingerprint density at radius 3 is 2.33 bits per heavy atom. The number of hydrogen-bond acceptors (Lipinski definition) is 7. The summed E-state index contributed by atoms with van der Waals surface area (Å²) in [5.41, 5.74) is 6.11. The molecule has 33 heavy (non-hydrogen) atoms. The van der Waals surface area contributed by atoms with Crippen LogP contribution in [0.25, 0.3) is 0 Å². The molecule has 1 aliphatic rings. The predicted octanol–water partition coefficient (Wildman–Crippen LogP) is 1.41. The average molecular weight is 494 g/mol. The molecular weight excluding hydrogens is 466 g/mol. The molecule has 0 radical (unpaired) electrons. The quantitative estimate of drug-likeness (QED) is 0.522. The molecule has 10 nitrogen and oxygen atoms in total. The topological polar surface area (TPSA) is 128 Å². The van der Waals surface area contributed by atoms with E-state index in [4.69, 9.17) is 0 Å². The van der Waals surface area contributed by atoms with Gasteiger partial charge in [-0.05, 0) is 42.8 Å². The Morgan fingerprint density at radius 1 is 1.09 bits per heavy atom. The Labute approximate surface area is 197 Å². The van der Waals surface area contributed by atoms with E-state index in [0.29, 0.717) is 23.5 Å². The van der Waals surface area contributed by atoms with Crippen LogP contribution in [0.4, 0.5) is 5.00 Å². The molecule has 3 amide bonds. The number of hydrazine groups is 1. The molecule has 1 aromatic carbocycles. The molecular formula is C21H27N5O5S2.